The monoisotopic (exact) mass is 344 g/mol. The molecular weight excluding hydrogens is 328 g/mol. The first-order valence-corrected chi connectivity index (χ1v) is 7.98. The molecule has 0 saturated heterocycles. The van der Waals surface area contributed by atoms with Gasteiger partial charge in [0.1, 0.15) is 11.8 Å². The Morgan fingerprint density at radius 2 is 1.96 bits per heavy atom. The van der Waals surface area contributed by atoms with Gasteiger partial charge in [-0.3, -0.25) is 9.59 Å². The minimum Gasteiger partial charge on any atom is -0.480 e. The topological polar surface area (TPSA) is 67.4 Å². The number of amides is 2. The van der Waals surface area contributed by atoms with Crippen molar-refractivity contribution in [2.75, 3.05) is 7.05 Å². The molecule has 0 unspecified atom stereocenters. The van der Waals surface area contributed by atoms with E-state index in [2.05, 4.69) is 10.6 Å². The van der Waals surface area contributed by atoms with Crippen LogP contribution in [0.3, 0.4) is 0 Å². The molecule has 2 atom stereocenters. The van der Waals surface area contributed by atoms with Crippen LogP contribution in [-0.2, 0) is 16.0 Å². The largest absolute Gasteiger partial charge is 0.480 e. The van der Waals surface area contributed by atoms with Crippen LogP contribution in [0.25, 0.3) is 0 Å². The number of nitrogens with one attached hydrogen (secondary N) is 2. The summed E-state index contributed by atoms with van der Waals surface area (Å²) >= 11 is 5.97. The second-order valence-corrected chi connectivity index (χ2v) is 5.97. The highest BCUT2D eigenvalue weighted by Gasteiger charge is 2.32. The summed E-state index contributed by atoms with van der Waals surface area (Å²) < 4.78 is 5.67. The van der Waals surface area contributed by atoms with E-state index in [1.165, 1.54) is 7.05 Å². The van der Waals surface area contributed by atoms with Crippen molar-refractivity contribution >= 4 is 23.4 Å². The normalized spacial score (nSPS) is 16.7. The van der Waals surface area contributed by atoms with Gasteiger partial charge in [-0.25, -0.2) is 0 Å². The van der Waals surface area contributed by atoms with Gasteiger partial charge in [0.25, 0.3) is 5.91 Å². The summed E-state index contributed by atoms with van der Waals surface area (Å²) in [4.78, 5) is 24.7. The second kappa shape index (κ2) is 6.93. The fourth-order valence-corrected chi connectivity index (χ4v) is 2.88. The summed E-state index contributed by atoms with van der Waals surface area (Å²) in [7, 11) is 1.54. The molecule has 2 aromatic carbocycles. The Hall–Kier alpha value is -2.53. The molecule has 24 heavy (non-hydrogen) atoms. The van der Waals surface area contributed by atoms with Gasteiger partial charge in [-0.1, -0.05) is 41.9 Å². The summed E-state index contributed by atoms with van der Waals surface area (Å²) in [6.45, 7) is 0. The number of likely N-dealkylation sites (N-methyl/N-ethyl adjacent to an activating group) is 1. The van der Waals surface area contributed by atoms with Crippen LogP contribution in [-0.4, -0.2) is 25.0 Å². The molecule has 2 N–H and O–H groups in total. The van der Waals surface area contributed by atoms with Crippen LogP contribution in [0.15, 0.2) is 48.5 Å². The number of carbonyl (C=O) groups excluding carboxylic acids is 2. The molecular formula is C18H17ClN2O3. The van der Waals surface area contributed by atoms with Gasteiger partial charge in [-0.15, -0.1) is 0 Å². The molecule has 6 heteroatoms. The summed E-state index contributed by atoms with van der Waals surface area (Å²) in [5.41, 5.74) is 1.60. The van der Waals surface area contributed by atoms with Gasteiger partial charge >= 0.3 is 0 Å². The number of rotatable bonds is 4. The Morgan fingerprint density at radius 3 is 2.67 bits per heavy atom. The zero-order valence-electron chi connectivity index (χ0n) is 13.1. The lowest BCUT2D eigenvalue weighted by Crippen LogP contribution is -2.44. The zero-order chi connectivity index (χ0) is 17.1. The molecule has 0 spiro atoms. The van der Waals surface area contributed by atoms with Crippen LogP contribution in [0.2, 0.25) is 5.02 Å². The Balaban J connectivity index is 1.74. The molecule has 1 aliphatic heterocycles. The average Bonchev–Trinajstić information content (AvgIpc) is 3.02. The Bertz CT molecular complexity index is 764. The standard InChI is InChI=1S/C18H17ClN2O3/c1-20-18(23)16(11-5-3-2-4-6-11)21-17(22)15-10-12-9-13(19)7-8-14(12)24-15/h2-9,15-16H,10H2,1H3,(H,20,23)(H,21,22)/t15-,16-/m0/s1. The first-order valence-electron chi connectivity index (χ1n) is 7.60. The van der Waals surface area contributed by atoms with Gasteiger partial charge in [-0.05, 0) is 29.3 Å². The molecule has 0 radical (unpaired) electrons. The van der Waals surface area contributed by atoms with E-state index in [4.69, 9.17) is 16.3 Å². The molecule has 0 saturated carbocycles. The molecule has 0 bridgehead atoms. The van der Waals surface area contributed by atoms with E-state index in [1.807, 2.05) is 18.2 Å². The quantitative estimate of drug-likeness (QED) is 0.894. The third-order valence-electron chi connectivity index (χ3n) is 3.92. The fraction of sp³-hybridized carbons (Fsp3) is 0.222. The molecule has 3 rings (SSSR count). The molecule has 5 nitrogen and oxygen atoms in total. The predicted molar refractivity (Wildman–Crippen MR) is 91.0 cm³/mol. The van der Waals surface area contributed by atoms with Crippen molar-refractivity contribution in [3.05, 3.63) is 64.7 Å². The van der Waals surface area contributed by atoms with Crippen molar-refractivity contribution in [1.82, 2.24) is 10.6 Å². The number of hydrogen-bond acceptors (Lipinski definition) is 3. The molecule has 0 aliphatic carbocycles. The maximum atomic E-state index is 12.6. The van der Waals surface area contributed by atoms with Crippen LogP contribution in [0, 0.1) is 0 Å². The van der Waals surface area contributed by atoms with E-state index >= 15 is 0 Å². The van der Waals surface area contributed by atoms with Crippen molar-refractivity contribution < 1.29 is 14.3 Å². The smallest absolute Gasteiger partial charge is 0.262 e. The van der Waals surface area contributed by atoms with Gasteiger partial charge < -0.3 is 15.4 Å². The highest BCUT2D eigenvalue weighted by molar-refractivity contribution is 6.30. The van der Waals surface area contributed by atoms with E-state index in [1.54, 1.807) is 30.3 Å². The summed E-state index contributed by atoms with van der Waals surface area (Å²) in [5.74, 6) is 0.0311. The Labute approximate surface area is 145 Å². The van der Waals surface area contributed by atoms with E-state index in [9.17, 15) is 9.59 Å². The molecule has 1 heterocycles. The lowest BCUT2D eigenvalue weighted by molar-refractivity contribution is -0.132. The Kier molecular flexibility index (Phi) is 4.71. The predicted octanol–water partition coefficient (Wildman–Crippen LogP) is 2.25. The molecule has 0 aromatic heterocycles. The summed E-state index contributed by atoms with van der Waals surface area (Å²) in [5, 5.41) is 5.94. The maximum absolute atomic E-state index is 12.6. The number of benzene rings is 2. The van der Waals surface area contributed by atoms with Crippen molar-refractivity contribution in [3.8, 4) is 5.75 Å². The highest BCUT2D eigenvalue weighted by Crippen LogP contribution is 2.31. The number of fused-ring (bicyclic) bond motifs is 1. The SMILES string of the molecule is CNC(=O)[C@@H](NC(=O)[C@@H]1Cc2cc(Cl)ccc2O1)c1ccccc1. The summed E-state index contributed by atoms with van der Waals surface area (Å²) in [6.07, 6.45) is -0.244. The van der Waals surface area contributed by atoms with Crippen molar-refractivity contribution in [2.24, 2.45) is 0 Å². The third kappa shape index (κ3) is 3.36. The van der Waals surface area contributed by atoms with E-state index in [0.717, 1.165) is 5.56 Å². The van der Waals surface area contributed by atoms with E-state index in [0.29, 0.717) is 22.8 Å². The number of hydrogen-bond donors (Lipinski definition) is 2. The van der Waals surface area contributed by atoms with Crippen molar-refractivity contribution in [1.29, 1.82) is 0 Å². The third-order valence-corrected chi connectivity index (χ3v) is 4.15. The second-order valence-electron chi connectivity index (χ2n) is 5.53. The number of halogens is 1. The van der Waals surface area contributed by atoms with Gasteiger partial charge in [-0.2, -0.15) is 0 Å². The van der Waals surface area contributed by atoms with Crippen LogP contribution >= 0.6 is 11.6 Å². The maximum Gasteiger partial charge on any atom is 0.262 e. The van der Waals surface area contributed by atoms with E-state index < -0.39 is 12.1 Å². The first kappa shape index (κ1) is 16.3. The number of carbonyl (C=O) groups is 2. The van der Waals surface area contributed by atoms with Gasteiger partial charge in [0.2, 0.25) is 5.91 Å². The van der Waals surface area contributed by atoms with Crippen LogP contribution in [0.5, 0.6) is 5.75 Å². The molecule has 124 valence electrons. The fourth-order valence-electron chi connectivity index (χ4n) is 2.69. The molecule has 0 fully saturated rings. The van der Waals surface area contributed by atoms with Gasteiger partial charge in [0, 0.05) is 18.5 Å². The van der Waals surface area contributed by atoms with Gasteiger partial charge in [0.05, 0.1) is 0 Å². The summed E-state index contributed by atoms with van der Waals surface area (Å²) in [6, 6.07) is 13.6. The van der Waals surface area contributed by atoms with Crippen LogP contribution < -0.4 is 15.4 Å². The number of ether oxygens (including phenoxy) is 1. The minimum absolute atomic E-state index is 0.284. The van der Waals surface area contributed by atoms with Crippen molar-refractivity contribution in [2.45, 2.75) is 18.6 Å². The molecule has 2 amide bonds. The molecule has 1 aliphatic rings. The van der Waals surface area contributed by atoms with E-state index in [-0.39, 0.29) is 11.8 Å². The lowest BCUT2D eigenvalue weighted by Gasteiger charge is -2.20. The first-order chi connectivity index (χ1) is 11.6. The van der Waals surface area contributed by atoms with Crippen LogP contribution in [0.1, 0.15) is 17.2 Å². The minimum atomic E-state index is -0.764. The molecule has 2 aromatic rings. The van der Waals surface area contributed by atoms with Crippen molar-refractivity contribution in [3.63, 3.8) is 0 Å². The average molecular weight is 345 g/mol. The lowest BCUT2D eigenvalue weighted by atomic mass is 10.0. The highest BCUT2D eigenvalue weighted by atomic mass is 35.5. The zero-order valence-corrected chi connectivity index (χ0v) is 13.8. The van der Waals surface area contributed by atoms with Gasteiger partial charge in [0.15, 0.2) is 6.10 Å². The van der Waals surface area contributed by atoms with Crippen LogP contribution in [0.4, 0.5) is 0 Å². The Morgan fingerprint density at radius 1 is 1.21 bits per heavy atom.